The van der Waals surface area contributed by atoms with Crippen molar-refractivity contribution in [1.29, 1.82) is 0 Å². The Morgan fingerprint density at radius 3 is 2.56 bits per heavy atom. The molecule has 5 rings (SSSR count). The molecule has 9 nitrogen and oxygen atoms in total. The zero-order valence-corrected chi connectivity index (χ0v) is 16.6. The standard InChI is InChI=1S/C23H16N6O3/c30-21(26-16-7-9-20(25-13-16)28-11-10-24-14-28)15-6-8-18-19(12-15)27-23(32)29(22(18)31)17-4-2-1-3-5-17/h1-14H,(H,26,30)(H,27,32). The Hall–Kier alpha value is -4.79. The predicted molar refractivity (Wildman–Crippen MR) is 119 cm³/mol. The number of nitrogens with one attached hydrogen (secondary N) is 2. The third-order valence-electron chi connectivity index (χ3n) is 4.95. The molecule has 156 valence electrons. The van der Waals surface area contributed by atoms with Crippen molar-refractivity contribution < 1.29 is 4.79 Å². The molecule has 9 heteroatoms. The first kappa shape index (κ1) is 19.2. The van der Waals surface area contributed by atoms with Crippen molar-refractivity contribution in [2.75, 3.05) is 5.32 Å². The van der Waals surface area contributed by atoms with Crippen LogP contribution in [0.1, 0.15) is 10.4 Å². The van der Waals surface area contributed by atoms with E-state index in [4.69, 9.17) is 0 Å². The van der Waals surface area contributed by atoms with Crippen LogP contribution in [0.15, 0.2) is 95.2 Å². The van der Waals surface area contributed by atoms with Gasteiger partial charge >= 0.3 is 5.69 Å². The van der Waals surface area contributed by atoms with Crippen molar-refractivity contribution in [1.82, 2.24) is 24.1 Å². The molecule has 0 spiro atoms. The number of pyridine rings is 1. The molecule has 5 aromatic rings. The molecule has 3 heterocycles. The van der Waals surface area contributed by atoms with Crippen LogP contribution in [0.4, 0.5) is 5.69 Å². The minimum Gasteiger partial charge on any atom is -0.321 e. The minimum absolute atomic E-state index is 0.286. The summed E-state index contributed by atoms with van der Waals surface area (Å²) in [5, 5.41) is 3.06. The van der Waals surface area contributed by atoms with Crippen LogP contribution in [0.5, 0.6) is 0 Å². The van der Waals surface area contributed by atoms with Crippen molar-refractivity contribution in [2.24, 2.45) is 0 Å². The molecule has 2 N–H and O–H groups in total. The third kappa shape index (κ3) is 3.47. The average Bonchev–Trinajstić information content (AvgIpc) is 3.35. The second kappa shape index (κ2) is 7.80. The first-order valence-electron chi connectivity index (χ1n) is 9.70. The van der Waals surface area contributed by atoms with E-state index in [2.05, 4.69) is 20.3 Å². The highest BCUT2D eigenvalue weighted by atomic mass is 16.2. The van der Waals surface area contributed by atoms with Crippen LogP contribution in [0.25, 0.3) is 22.4 Å². The molecule has 3 aromatic heterocycles. The van der Waals surface area contributed by atoms with E-state index >= 15 is 0 Å². The van der Waals surface area contributed by atoms with Crippen LogP contribution in [-0.4, -0.2) is 30.0 Å². The second-order valence-corrected chi connectivity index (χ2v) is 7.00. The van der Waals surface area contributed by atoms with Crippen molar-refractivity contribution in [2.45, 2.75) is 0 Å². The number of amides is 1. The molecule has 0 saturated heterocycles. The van der Waals surface area contributed by atoms with Gasteiger partial charge in [0, 0.05) is 18.0 Å². The Balaban J connectivity index is 1.44. The summed E-state index contributed by atoms with van der Waals surface area (Å²) in [6.07, 6.45) is 6.58. The molecule has 0 fully saturated rings. The lowest BCUT2D eigenvalue weighted by Gasteiger charge is -2.09. The number of imidazole rings is 1. The van der Waals surface area contributed by atoms with Crippen molar-refractivity contribution >= 4 is 22.5 Å². The number of nitrogens with zero attached hydrogens (tertiary/aromatic N) is 4. The fraction of sp³-hybridized carbons (Fsp3) is 0. The molecule has 0 aliphatic heterocycles. The number of carbonyl (C=O) groups is 1. The van der Waals surface area contributed by atoms with Gasteiger partial charge in [0.15, 0.2) is 0 Å². The number of aromatic amines is 1. The van der Waals surface area contributed by atoms with E-state index < -0.39 is 17.2 Å². The second-order valence-electron chi connectivity index (χ2n) is 7.00. The Kier molecular flexibility index (Phi) is 4.68. The summed E-state index contributed by atoms with van der Waals surface area (Å²) in [5.74, 6) is 0.274. The van der Waals surface area contributed by atoms with Gasteiger partial charge in [0.05, 0.1) is 28.5 Å². The molecular weight excluding hydrogens is 408 g/mol. The zero-order chi connectivity index (χ0) is 22.1. The van der Waals surface area contributed by atoms with Gasteiger partial charge in [-0.2, -0.15) is 0 Å². The topological polar surface area (TPSA) is 115 Å². The smallest absolute Gasteiger partial charge is 0.321 e. The Labute approximate surface area is 180 Å². The number of benzene rings is 2. The summed E-state index contributed by atoms with van der Waals surface area (Å²) >= 11 is 0. The van der Waals surface area contributed by atoms with Crippen molar-refractivity contribution in [3.05, 3.63) is 112 Å². The summed E-state index contributed by atoms with van der Waals surface area (Å²) < 4.78 is 2.81. The van der Waals surface area contributed by atoms with Crippen LogP contribution in [-0.2, 0) is 0 Å². The van der Waals surface area contributed by atoms with Crippen molar-refractivity contribution in [3.8, 4) is 11.5 Å². The maximum atomic E-state index is 12.9. The number of carbonyl (C=O) groups excluding carboxylic acids is 1. The third-order valence-corrected chi connectivity index (χ3v) is 4.95. The van der Waals surface area contributed by atoms with Gasteiger partial charge in [0.1, 0.15) is 12.1 Å². The molecule has 32 heavy (non-hydrogen) atoms. The van der Waals surface area contributed by atoms with Crippen LogP contribution >= 0.6 is 0 Å². The quantitative estimate of drug-likeness (QED) is 0.460. The van der Waals surface area contributed by atoms with E-state index in [1.807, 2.05) is 0 Å². The molecule has 0 bridgehead atoms. The SMILES string of the molecule is O=C(Nc1ccc(-n2ccnc2)nc1)c1ccc2c(=O)n(-c3ccccc3)c(=O)[nH]c2c1. The van der Waals surface area contributed by atoms with Gasteiger partial charge in [0.25, 0.3) is 11.5 Å². The number of fused-ring (bicyclic) bond motifs is 1. The summed E-state index contributed by atoms with van der Waals surface area (Å²) in [6, 6.07) is 16.7. The number of H-pyrrole nitrogens is 1. The monoisotopic (exact) mass is 424 g/mol. The number of anilines is 1. The van der Waals surface area contributed by atoms with Gasteiger partial charge < -0.3 is 10.3 Å². The van der Waals surface area contributed by atoms with Crippen LogP contribution in [0.3, 0.4) is 0 Å². The highest BCUT2D eigenvalue weighted by Crippen LogP contribution is 2.14. The molecule has 1 amide bonds. The first-order chi connectivity index (χ1) is 15.6. The van der Waals surface area contributed by atoms with Gasteiger partial charge in [-0.15, -0.1) is 0 Å². The number of hydrogen-bond acceptors (Lipinski definition) is 5. The molecule has 0 aliphatic carbocycles. The lowest BCUT2D eigenvalue weighted by molar-refractivity contribution is 0.102. The van der Waals surface area contributed by atoms with Gasteiger partial charge in [-0.05, 0) is 42.5 Å². The molecule has 2 aromatic carbocycles. The van der Waals surface area contributed by atoms with Crippen LogP contribution in [0, 0.1) is 0 Å². The molecule has 0 atom stereocenters. The Bertz CT molecular complexity index is 1540. The Morgan fingerprint density at radius 2 is 1.84 bits per heavy atom. The van der Waals surface area contributed by atoms with Crippen LogP contribution in [0.2, 0.25) is 0 Å². The van der Waals surface area contributed by atoms with Gasteiger partial charge in [0.2, 0.25) is 0 Å². The zero-order valence-electron chi connectivity index (χ0n) is 16.6. The van der Waals surface area contributed by atoms with Gasteiger partial charge in [-0.1, -0.05) is 18.2 Å². The maximum Gasteiger partial charge on any atom is 0.333 e. The molecule has 0 unspecified atom stereocenters. The molecule has 0 radical (unpaired) electrons. The Morgan fingerprint density at radius 1 is 1.00 bits per heavy atom. The van der Waals surface area contributed by atoms with Crippen molar-refractivity contribution in [3.63, 3.8) is 0 Å². The van der Waals surface area contributed by atoms with E-state index in [9.17, 15) is 14.4 Å². The van der Waals surface area contributed by atoms with E-state index in [0.29, 0.717) is 28.1 Å². The summed E-state index contributed by atoms with van der Waals surface area (Å²) in [6.45, 7) is 0. The van der Waals surface area contributed by atoms with E-state index in [0.717, 1.165) is 4.57 Å². The molecular formula is C23H16N6O3. The number of rotatable bonds is 4. The molecule has 0 saturated carbocycles. The highest BCUT2D eigenvalue weighted by Gasteiger charge is 2.13. The number of para-hydroxylation sites is 1. The van der Waals surface area contributed by atoms with Gasteiger partial charge in [-0.3, -0.25) is 14.2 Å². The summed E-state index contributed by atoms with van der Waals surface area (Å²) in [5.41, 5.74) is 0.518. The van der Waals surface area contributed by atoms with Crippen LogP contribution < -0.4 is 16.6 Å². The lowest BCUT2D eigenvalue weighted by Crippen LogP contribution is -2.33. The van der Waals surface area contributed by atoms with Gasteiger partial charge in [-0.25, -0.2) is 19.3 Å². The highest BCUT2D eigenvalue weighted by molar-refractivity contribution is 6.06. The lowest BCUT2D eigenvalue weighted by atomic mass is 10.1. The first-order valence-corrected chi connectivity index (χ1v) is 9.70. The van der Waals surface area contributed by atoms with E-state index in [-0.39, 0.29) is 5.52 Å². The normalized spacial score (nSPS) is 10.9. The maximum absolute atomic E-state index is 12.9. The number of hydrogen-bond donors (Lipinski definition) is 2. The molecule has 0 aliphatic rings. The minimum atomic E-state index is -0.578. The fourth-order valence-corrected chi connectivity index (χ4v) is 3.38. The van der Waals surface area contributed by atoms with E-state index in [1.54, 1.807) is 71.8 Å². The average molecular weight is 424 g/mol. The summed E-state index contributed by atoms with van der Waals surface area (Å²) in [7, 11) is 0. The fourth-order valence-electron chi connectivity index (χ4n) is 3.38. The largest absolute Gasteiger partial charge is 0.333 e. The van der Waals surface area contributed by atoms with E-state index in [1.165, 1.54) is 18.3 Å². The number of aromatic nitrogens is 5. The summed E-state index contributed by atoms with van der Waals surface area (Å²) in [4.78, 5) is 49.1. The predicted octanol–water partition coefficient (Wildman–Crippen LogP) is 2.51.